The van der Waals surface area contributed by atoms with Gasteiger partial charge in [0.15, 0.2) is 0 Å². The van der Waals surface area contributed by atoms with Crippen molar-refractivity contribution in [1.29, 1.82) is 0 Å². The topological polar surface area (TPSA) is 70.9 Å². The van der Waals surface area contributed by atoms with Crippen LogP contribution in [-0.4, -0.2) is 30.1 Å². The van der Waals surface area contributed by atoms with Gasteiger partial charge in [-0.15, -0.1) is 0 Å². The molecule has 0 saturated heterocycles. The van der Waals surface area contributed by atoms with Crippen LogP contribution in [0.25, 0.3) is 16.3 Å². The molecule has 1 amide bonds. The number of aliphatic imine (C=N–C) groups is 1. The lowest BCUT2D eigenvalue weighted by molar-refractivity contribution is 0.0635. The molecule has 0 radical (unpaired) electrons. The first-order chi connectivity index (χ1) is 12.2. The van der Waals surface area contributed by atoms with Crippen molar-refractivity contribution in [3.63, 3.8) is 0 Å². The van der Waals surface area contributed by atoms with Crippen LogP contribution in [-0.2, 0) is 4.74 Å². The van der Waals surface area contributed by atoms with Gasteiger partial charge in [-0.05, 0) is 49.4 Å². The largest absolute Gasteiger partial charge is 0.506 e. The standard InChI is InChI=1S/C21H24N2O3/c1-6-7-16(13-22-5)15-9-8-14-10-11-18(24)19(17(14)12-15)23-20(25)26-21(2,3)4/h6-13,24H,1H2,2-5H3,(H,23,25)/b16-7+,22-13-. The first kappa shape index (κ1) is 19.2. The number of phenols is 1. The predicted octanol–water partition coefficient (Wildman–Crippen LogP) is 5.16. The van der Waals surface area contributed by atoms with E-state index in [1.165, 1.54) is 0 Å². The molecule has 0 spiro atoms. The number of carbonyl (C=O) groups excluding carboxylic acids is 1. The number of rotatable bonds is 4. The van der Waals surface area contributed by atoms with Gasteiger partial charge in [0.25, 0.3) is 0 Å². The van der Waals surface area contributed by atoms with E-state index in [1.54, 1.807) is 52.2 Å². The minimum absolute atomic E-state index is 0.0288. The summed E-state index contributed by atoms with van der Waals surface area (Å²) in [6.07, 6.45) is 4.64. The van der Waals surface area contributed by atoms with E-state index >= 15 is 0 Å². The van der Waals surface area contributed by atoms with Gasteiger partial charge in [-0.3, -0.25) is 10.3 Å². The summed E-state index contributed by atoms with van der Waals surface area (Å²) in [6.45, 7) is 9.07. The number of benzene rings is 2. The molecule has 2 rings (SSSR count). The molecular formula is C21H24N2O3. The van der Waals surface area contributed by atoms with Crippen molar-refractivity contribution in [2.24, 2.45) is 4.99 Å². The van der Waals surface area contributed by atoms with E-state index in [0.717, 1.165) is 16.5 Å². The van der Waals surface area contributed by atoms with Crippen LogP contribution in [0.3, 0.4) is 0 Å². The molecule has 5 heteroatoms. The number of phenolic OH excluding ortho intramolecular Hbond substituents is 1. The Bertz CT molecular complexity index is 890. The van der Waals surface area contributed by atoms with Crippen LogP contribution >= 0.6 is 0 Å². The van der Waals surface area contributed by atoms with Gasteiger partial charge in [0.05, 0.1) is 5.69 Å². The molecule has 0 saturated carbocycles. The fraction of sp³-hybridized carbons (Fsp3) is 0.238. The Kier molecular flexibility index (Phi) is 5.82. The van der Waals surface area contributed by atoms with Crippen molar-refractivity contribution >= 4 is 34.3 Å². The third kappa shape index (κ3) is 4.72. The van der Waals surface area contributed by atoms with E-state index in [4.69, 9.17) is 4.74 Å². The second-order valence-electron chi connectivity index (χ2n) is 6.77. The first-order valence-electron chi connectivity index (χ1n) is 8.26. The zero-order valence-electron chi connectivity index (χ0n) is 15.5. The number of ether oxygens (including phenoxy) is 1. The van der Waals surface area contributed by atoms with Crippen LogP contribution in [0.15, 0.2) is 54.1 Å². The van der Waals surface area contributed by atoms with Crippen LogP contribution in [0.1, 0.15) is 26.3 Å². The monoisotopic (exact) mass is 352 g/mol. The molecule has 0 aliphatic heterocycles. The predicted molar refractivity (Wildman–Crippen MR) is 108 cm³/mol. The maximum atomic E-state index is 12.2. The molecule has 0 aliphatic rings. The van der Waals surface area contributed by atoms with Crippen molar-refractivity contribution in [3.8, 4) is 5.75 Å². The van der Waals surface area contributed by atoms with E-state index in [1.807, 2.05) is 24.3 Å². The third-order valence-corrected chi connectivity index (χ3v) is 3.52. The fourth-order valence-corrected chi connectivity index (χ4v) is 2.50. The molecule has 0 atom stereocenters. The molecule has 0 aliphatic carbocycles. The summed E-state index contributed by atoms with van der Waals surface area (Å²) in [7, 11) is 1.69. The molecule has 2 N–H and O–H groups in total. The third-order valence-electron chi connectivity index (χ3n) is 3.52. The molecule has 0 aromatic heterocycles. The number of anilines is 1. The Labute approximate surface area is 153 Å². The Morgan fingerprint density at radius 1 is 1.27 bits per heavy atom. The lowest BCUT2D eigenvalue weighted by atomic mass is 10.00. The number of allylic oxidation sites excluding steroid dienone is 3. The summed E-state index contributed by atoms with van der Waals surface area (Å²) >= 11 is 0. The van der Waals surface area contributed by atoms with Crippen molar-refractivity contribution in [2.75, 3.05) is 12.4 Å². The van der Waals surface area contributed by atoms with Gasteiger partial charge in [0.1, 0.15) is 11.4 Å². The van der Waals surface area contributed by atoms with E-state index in [9.17, 15) is 9.90 Å². The van der Waals surface area contributed by atoms with Gasteiger partial charge in [-0.2, -0.15) is 0 Å². The van der Waals surface area contributed by atoms with Gasteiger partial charge >= 0.3 is 6.09 Å². The minimum atomic E-state index is -0.632. The van der Waals surface area contributed by atoms with Gasteiger partial charge in [-0.1, -0.05) is 36.9 Å². The fourth-order valence-electron chi connectivity index (χ4n) is 2.50. The van der Waals surface area contributed by atoms with Crippen LogP contribution in [0, 0.1) is 0 Å². The highest BCUT2D eigenvalue weighted by molar-refractivity contribution is 6.12. The quantitative estimate of drug-likeness (QED) is 0.453. The number of fused-ring (bicyclic) bond motifs is 1. The molecule has 26 heavy (non-hydrogen) atoms. The number of nitrogens with one attached hydrogen (secondary N) is 1. The zero-order valence-corrected chi connectivity index (χ0v) is 15.5. The molecule has 2 aromatic carbocycles. The molecule has 5 nitrogen and oxygen atoms in total. The highest BCUT2D eigenvalue weighted by Gasteiger charge is 2.18. The lowest BCUT2D eigenvalue weighted by Gasteiger charge is -2.20. The van der Waals surface area contributed by atoms with Crippen LogP contribution in [0.2, 0.25) is 0 Å². The van der Waals surface area contributed by atoms with Gasteiger partial charge in [0, 0.05) is 18.6 Å². The van der Waals surface area contributed by atoms with Gasteiger partial charge in [-0.25, -0.2) is 4.79 Å². The molecule has 0 heterocycles. The number of amides is 1. The zero-order chi connectivity index (χ0) is 19.3. The summed E-state index contributed by atoms with van der Waals surface area (Å²) in [5, 5.41) is 14.5. The van der Waals surface area contributed by atoms with Gasteiger partial charge in [0.2, 0.25) is 0 Å². The molecule has 136 valence electrons. The second kappa shape index (κ2) is 7.87. The van der Waals surface area contributed by atoms with Crippen molar-refractivity contribution in [3.05, 3.63) is 54.6 Å². The van der Waals surface area contributed by atoms with Crippen molar-refractivity contribution in [2.45, 2.75) is 26.4 Å². The van der Waals surface area contributed by atoms with Crippen molar-refractivity contribution in [1.82, 2.24) is 0 Å². The Hall–Kier alpha value is -3.08. The molecule has 2 aromatic rings. The number of hydrogen-bond acceptors (Lipinski definition) is 4. The summed E-state index contributed by atoms with van der Waals surface area (Å²) in [4.78, 5) is 16.2. The van der Waals surface area contributed by atoms with Crippen LogP contribution in [0.4, 0.5) is 10.5 Å². The maximum absolute atomic E-state index is 12.2. The summed E-state index contributed by atoms with van der Waals surface area (Å²) in [5.41, 5.74) is 1.44. The maximum Gasteiger partial charge on any atom is 0.412 e. The molecular weight excluding hydrogens is 328 g/mol. The minimum Gasteiger partial charge on any atom is -0.506 e. The Morgan fingerprint density at radius 3 is 2.58 bits per heavy atom. The average molecular weight is 352 g/mol. The molecule has 0 unspecified atom stereocenters. The smallest absolute Gasteiger partial charge is 0.412 e. The van der Waals surface area contributed by atoms with Crippen LogP contribution < -0.4 is 5.32 Å². The number of carbonyl (C=O) groups is 1. The second-order valence-corrected chi connectivity index (χ2v) is 6.77. The molecule has 0 fully saturated rings. The van der Waals surface area contributed by atoms with Crippen molar-refractivity contribution < 1.29 is 14.6 Å². The highest BCUT2D eigenvalue weighted by atomic mass is 16.6. The Balaban J connectivity index is 2.54. The summed E-state index contributed by atoms with van der Waals surface area (Å²) < 4.78 is 5.29. The number of nitrogens with zero attached hydrogens (tertiary/aromatic N) is 1. The van der Waals surface area contributed by atoms with Crippen LogP contribution in [0.5, 0.6) is 5.75 Å². The Morgan fingerprint density at radius 2 is 1.96 bits per heavy atom. The summed E-state index contributed by atoms with van der Waals surface area (Å²) in [6, 6.07) is 9.10. The van der Waals surface area contributed by atoms with E-state index in [0.29, 0.717) is 11.1 Å². The van der Waals surface area contributed by atoms with E-state index in [-0.39, 0.29) is 5.75 Å². The normalized spacial score (nSPS) is 12.4. The number of aromatic hydroxyl groups is 1. The SMILES string of the molecule is C=C/C=C(\C=N/C)c1ccc2ccc(O)c(NC(=O)OC(C)(C)C)c2c1. The van der Waals surface area contributed by atoms with E-state index in [2.05, 4.69) is 16.9 Å². The number of hydrogen-bond donors (Lipinski definition) is 2. The molecule has 0 bridgehead atoms. The average Bonchev–Trinajstić information content (AvgIpc) is 2.55. The van der Waals surface area contributed by atoms with E-state index < -0.39 is 11.7 Å². The first-order valence-corrected chi connectivity index (χ1v) is 8.26. The van der Waals surface area contributed by atoms with Gasteiger partial charge < -0.3 is 9.84 Å². The lowest BCUT2D eigenvalue weighted by Crippen LogP contribution is -2.27. The summed E-state index contributed by atoms with van der Waals surface area (Å²) in [5.74, 6) is -0.0288. The highest BCUT2D eigenvalue weighted by Crippen LogP contribution is 2.34.